The number of halogens is 1. The first kappa shape index (κ1) is 25.4. The van der Waals surface area contributed by atoms with Crippen LogP contribution in [0.4, 0.5) is 0 Å². The van der Waals surface area contributed by atoms with Crippen molar-refractivity contribution in [2.45, 2.75) is 58.3 Å². The van der Waals surface area contributed by atoms with Crippen molar-refractivity contribution in [1.82, 2.24) is 39.9 Å². The summed E-state index contributed by atoms with van der Waals surface area (Å²) in [7, 11) is 0. The number of likely N-dealkylation sites (tertiary alicyclic amines) is 1. The molecule has 3 heterocycles. The first-order chi connectivity index (χ1) is 17.9. The van der Waals surface area contributed by atoms with E-state index in [-0.39, 0.29) is 17.5 Å². The molecule has 0 N–H and O–H groups in total. The maximum Gasteiger partial charge on any atom is 0.215 e. The fourth-order valence-electron chi connectivity index (χ4n) is 5.09. The quantitative estimate of drug-likeness (QED) is 0.309. The van der Waals surface area contributed by atoms with E-state index in [1.165, 1.54) is 18.3 Å². The molecule has 0 saturated carbocycles. The fraction of sp³-hybridized carbons (Fsp3) is 0.444. The lowest BCUT2D eigenvalue weighted by Crippen LogP contribution is -2.41. The van der Waals surface area contributed by atoms with Gasteiger partial charge in [0.15, 0.2) is 5.82 Å². The zero-order valence-corrected chi connectivity index (χ0v) is 22.2. The molecule has 4 aromatic rings. The zero-order chi connectivity index (χ0) is 25.8. The molecule has 0 amide bonds. The van der Waals surface area contributed by atoms with Crippen molar-refractivity contribution in [3.8, 4) is 5.75 Å². The number of piperidine rings is 1. The molecule has 1 saturated heterocycles. The second-order valence-electron chi connectivity index (χ2n) is 10.5. The molecule has 1 aliphatic rings. The molecule has 0 radical (unpaired) electrons. The number of hydrogen-bond donors (Lipinski definition) is 0. The van der Waals surface area contributed by atoms with Crippen molar-refractivity contribution in [3.63, 3.8) is 0 Å². The Hall–Kier alpha value is -3.30. The van der Waals surface area contributed by atoms with Gasteiger partial charge < -0.3 is 4.74 Å². The molecule has 1 fully saturated rings. The minimum atomic E-state index is -0.566. The van der Waals surface area contributed by atoms with Crippen LogP contribution in [0.3, 0.4) is 0 Å². The first-order valence-corrected chi connectivity index (χ1v) is 13.1. The van der Waals surface area contributed by atoms with Crippen LogP contribution in [-0.2, 0) is 0 Å². The molecule has 2 aromatic heterocycles. The predicted octanol–water partition coefficient (Wildman–Crippen LogP) is 5.36. The monoisotopic (exact) mass is 520 g/mol. The van der Waals surface area contributed by atoms with Crippen molar-refractivity contribution >= 4 is 11.6 Å². The van der Waals surface area contributed by atoms with Gasteiger partial charge in [-0.3, -0.25) is 4.90 Å². The molecule has 0 spiro atoms. The Morgan fingerprint density at radius 2 is 1.68 bits per heavy atom. The SMILES string of the molecule is CC(C)(C)[C@@H]([C@@H](Oc1ccc(Cl)cc1)n1cncn1)n1nnnc1[C@@H](c1ccccc1)N1CCCCC1. The van der Waals surface area contributed by atoms with Crippen LogP contribution in [0.2, 0.25) is 5.02 Å². The van der Waals surface area contributed by atoms with Crippen molar-refractivity contribution in [1.29, 1.82) is 0 Å². The number of aromatic nitrogens is 7. The van der Waals surface area contributed by atoms with Gasteiger partial charge in [-0.25, -0.2) is 14.3 Å². The summed E-state index contributed by atoms with van der Waals surface area (Å²) in [6.45, 7) is 8.49. The van der Waals surface area contributed by atoms with E-state index in [1.54, 1.807) is 11.0 Å². The summed E-state index contributed by atoms with van der Waals surface area (Å²) in [4.78, 5) is 6.70. The van der Waals surface area contributed by atoms with Gasteiger partial charge >= 0.3 is 0 Å². The number of nitrogens with zero attached hydrogens (tertiary/aromatic N) is 8. The second-order valence-corrected chi connectivity index (χ2v) is 11.0. The van der Waals surface area contributed by atoms with E-state index in [2.05, 4.69) is 75.5 Å². The normalized spacial score (nSPS) is 17.3. The van der Waals surface area contributed by atoms with Crippen LogP contribution < -0.4 is 4.74 Å². The highest BCUT2D eigenvalue weighted by Gasteiger charge is 2.42. The Morgan fingerprint density at radius 3 is 2.32 bits per heavy atom. The molecule has 1 aliphatic heterocycles. The maximum atomic E-state index is 6.58. The van der Waals surface area contributed by atoms with E-state index in [4.69, 9.17) is 16.3 Å². The van der Waals surface area contributed by atoms with Gasteiger partial charge in [0.1, 0.15) is 24.4 Å². The third kappa shape index (κ3) is 5.67. The van der Waals surface area contributed by atoms with Crippen LogP contribution in [0.15, 0.2) is 67.3 Å². The topological polar surface area (TPSA) is 86.8 Å². The number of rotatable bonds is 8. The first-order valence-electron chi connectivity index (χ1n) is 12.7. The van der Waals surface area contributed by atoms with E-state index in [1.807, 2.05) is 35.0 Å². The van der Waals surface area contributed by atoms with Gasteiger partial charge in [-0.05, 0) is 71.6 Å². The van der Waals surface area contributed by atoms with Crippen LogP contribution in [0, 0.1) is 5.41 Å². The molecular formula is C27H33ClN8O. The Bertz CT molecular complexity index is 1250. The van der Waals surface area contributed by atoms with Crippen LogP contribution in [0.1, 0.15) is 69.7 Å². The van der Waals surface area contributed by atoms with Gasteiger partial charge in [0.05, 0.1) is 6.04 Å². The highest BCUT2D eigenvalue weighted by molar-refractivity contribution is 6.30. The molecule has 9 nitrogen and oxygen atoms in total. The Balaban J connectivity index is 1.61. The summed E-state index contributed by atoms with van der Waals surface area (Å²) >= 11 is 6.13. The summed E-state index contributed by atoms with van der Waals surface area (Å²) in [6.07, 6.45) is 6.19. The van der Waals surface area contributed by atoms with Gasteiger partial charge in [-0.1, -0.05) is 69.1 Å². The van der Waals surface area contributed by atoms with Gasteiger partial charge in [-0.2, -0.15) is 5.10 Å². The van der Waals surface area contributed by atoms with Crippen molar-refractivity contribution < 1.29 is 4.74 Å². The number of benzene rings is 2. The molecule has 0 aliphatic carbocycles. The molecule has 10 heteroatoms. The summed E-state index contributed by atoms with van der Waals surface area (Å²) in [6, 6.07) is 17.4. The molecule has 5 rings (SSSR count). The highest BCUT2D eigenvalue weighted by atomic mass is 35.5. The van der Waals surface area contributed by atoms with Crippen molar-refractivity contribution in [3.05, 3.63) is 83.7 Å². The highest BCUT2D eigenvalue weighted by Crippen LogP contribution is 2.42. The third-order valence-electron chi connectivity index (χ3n) is 6.82. The van der Waals surface area contributed by atoms with Crippen LogP contribution in [-0.4, -0.2) is 53.0 Å². The van der Waals surface area contributed by atoms with Gasteiger partial charge in [0, 0.05) is 5.02 Å². The lowest BCUT2D eigenvalue weighted by molar-refractivity contribution is -0.00233. The lowest BCUT2D eigenvalue weighted by Gasteiger charge is -2.39. The van der Waals surface area contributed by atoms with Crippen molar-refractivity contribution in [2.75, 3.05) is 13.1 Å². The van der Waals surface area contributed by atoms with Crippen molar-refractivity contribution in [2.24, 2.45) is 5.41 Å². The lowest BCUT2D eigenvalue weighted by atomic mass is 9.85. The number of ether oxygens (including phenoxy) is 1. The zero-order valence-electron chi connectivity index (χ0n) is 21.5. The molecule has 194 valence electrons. The second kappa shape index (κ2) is 11.0. The smallest absolute Gasteiger partial charge is 0.215 e. The number of tetrazole rings is 1. The van der Waals surface area contributed by atoms with E-state index < -0.39 is 6.23 Å². The fourth-order valence-corrected chi connectivity index (χ4v) is 5.22. The number of hydrogen-bond acceptors (Lipinski definition) is 7. The molecule has 37 heavy (non-hydrogen) atoms. The summed E-state index contributed by atoms with van der Waals surface area (Å²) in [5.41, 5.74) is 0.861. The Kier molecular flexibility index (Phi) is 7.53. The molecule has 0 bridgehead atoms. The van der Waals surface area contributed by atoms with Crippen LogP contribution in [0.25, 0.3) is 0 Å². The summed E-state index contributed by atoms with van der Waals surface area (Å²) < 4.78 is 10.3. The van der Waals surface area contributed by atoms with E-state index in [9.17, 15) is 0 Å². The predicted molar refractivity (Wildman–Crippen MR) is 141 cm³/mol. The Morgan fingerprint density at radius 1 is 0.946 bits per heavy atom. The maximum absolute atomic E-state index is 6.58. The van der Waals surface area contributed by atoms with E-state index in [0.717, 1.165) is 31.8 Å². The third-order valence-corrected chi connectivity index (χ3v) is 7.07. The van der Waals surface area contributed by atoms with Gasteiger partial charge in [0.2, 0.25) is 6.23 Å². The summed E-state index contributed by atoms with van der Waals surface area (Å²) in [5, 5.41) is 18.5. The van der Waals surface area contributed by atoms with E-state index >= 15 is 0 Å². The van der Waals surface area contributed by atoms with Crippen LogP contribution in [0.5, 0.6) is 5.75 Å². The average molecular weight is 521 g/mol. The minimum absolute atomic E-state index is 0.0757. The Labute approximate surface area is 222 Å². The minimum Gasteiger partial charge on any atom is -0.466 e. The standard InChI is InChI=1S/C27H33ClN8O/c1-27(2,3)24(26(35-19-29-18-30-35)37-22-14-12-21(28)13-15-22)36-25(31-32-33-36)23(20-10-6-4-7-11-20)34-16-8-5-9-17-34/h4,6-7,10-15,18-19,23-24,26H,5,8-9,16-17H2,1-3H3/t23-,24-,26-/m1/s1. The van der Waals surface area contributed by atoms with Crippen LogP contribution >= 0.6 is 11.6 Å². The molecule has 0 unspecified atom stereocenters. The molecule has 3 atom stereocenters. The van der Waals surface area contributed by atoms with Gasteiger partial charge in [0.25, 0.3) is 0 Å². The molecular weight excluding hydrogens is 488 g/mol. The largest absolute Gasteiger partial charge is 0.466 e. The van der Waals surface area contributed by atoms with E-state index in [0.29, 0.717) is 10.8 Å². The average Bonchev–Trinajstić information content (AvgIpc) is 3.59. The van der Waals surface area contributed by atoms with Gasteiger partial charge in [-0.15, -0.1) is 5.10 Å². The summed E-state index contributed by atoms with van der Waals surface area (Å²) in [5.74, 6) is 1.46. The molecule has 2 aromatic carbocycles.